The number of halogens is 2. The van der Waals surface area contributed by atoms with Crippen LogP contribution in [0, 0.1) is 11.6 Å². The average molecular weight is 673 g/mol. The Morgan fingerprint density at radius 2 is 1.47 bits per heavy atom. The van der Waals surface area contributed by atoms with Gasteiger partial charge in [0.15, 0.2) is 23.8 Å². The Hall–Kier alpha value is -2.81. The lowest BCUT2D eigenvalue weighted by molar-refractivity contribution is -0.241. The van der Waals surface area contributed by atoms with Crippen LogP contribution in [0.25, 0.3) is 11.0 Å². The molecule has 1 fully saturated rings. The molecule has 45 heavy (non-hydrogen) atoms. The van der Waals surface area contributed by atoms with Crippen molar-refractivity contribution in [3.8, 4) is 0 Å². The van der Waals surface area contributed by atoms with Gasteiger partial charge in [-0.25, -0.2) is 13.6 Å². The molecule has 0 aliphatic carbocycles. The Morgan fingerprint density at radius 1 is 0.889 bits per heavy atom. The number of rotatable bonds is 12. The molecule has 0 spiro atoms. The molecule has 2 heterocycles. The molecule has 1 aromatic heterocycles. The molecule has 0 saturated carbocycles. The van der Waals surface area contributed by atoms with Gasteiger partial charge in [0.25, 0.3) is 0 Å². The normalized spacial score (nSPS) is 22.2. The molecule has 10 nitrogen and oxygen atoms in total. The van der Waals surface area contributed by atoms with E-state index in [1.54, 1.807) is 11.2 Å². The monoisotopic (exact) mass is 672 g/mol. The fourth-order valence-electron chi connectivity index (χ4n) is 6.21. The van der Waals surface area contributed by atoms with Crippen molar-refractivity contribution in [1.29, 1.82) is 0 Å². The second-order valence-electron chi connectivity index (χ2n) is 12.0. The molecule has 3 rings (SSSR count). The van der Waals surface area contributed by atoms with E-state index < -0.39 is 78.9 Å². The summed E-state index contributed by atoms with van der Waals surface area (Å²) in [5, 5.41) is -0.268. The van der Waals surface area contributed by atoms with Gasteiger partial charge in [0.1, 0.15) is 37.1 Å². The molecule has 0 N–H and O–H groups in total. The minimum Gasteiger partial charge on any atom is -0.463 e. The van der Waals surface area contributed by atoms with Crippen LogP contribution in [-0.2, 0) is 44.7 Å². The zero-order valence-electron chi connectivity index (χ0n) is 27.0. The van der Waals surface area contributed by atoms with Crippen molar-refractivity contribution in [1.82, 2.24) is 0 Å². The van der Waals surface area contributed by atoms with Crippen LogP contribution in [0.1, 0.15) is 67.9 Å². The fraction of sp³-hybridized carbons (Fsp3) is 0.613. The summed E-state index contributed by atoms with van der Waals surface area (Å²) in [4.78, 5) is 49.4. The van der Waals surface area contributed by atoms with Gasteiger partial charge in [-0.2, -0.15) is 11.2 Å². The van der Waals surface area contributed by atoms with Gasteiger partial charge in [0.2, 0.25) is 0 Å². The highest BCUT2D eigenvalue weighted by Gasteiger charge is 2.55. The summed E-state index contributed by atoms with van der Waals surface area (Å²) in [6, 6.07) is 3.11. The topological polar surface area (TPSA) is 128 Å². The molecular weight excluding hydrogens is 630 g/mol. The van der Waals surface area contributed by atoms with Crippen LogP contribution in [0.15, 0.2) is 27.4 Å². The van der Waals surface area contributed by atoms with Crippen molar-refractivity contribution >= 4 is 47.3 Å². The molecule has 1 aliphatic rings. The second kappa shape index (κ2) is 15.2. The van der Waals surface area contributed by atoms with Crippen LogP contribution < -0.4 is 5.63 Å². The Kier molecular flexibility index (Phi) is 12.4. The minimum atomic E-state index is -2.32. The maximum atomic E-state index is 14.6. The number of esters is 3. The molecule has 250 valence electrons. The Bertz CT molecular complexity index is 1420. The van der Waals surface area contributed by atoms with Crippen molar-refractivity contribution in [3.05, 3.63) is 45.8 Å². The molecule has 5 atom stereocenters. The highest BCUT2D eigenvalue weighted by molar-refractivity contribution is 8.29. The predicted octanol–water partition coefficient (Wildman–Crippen LogP) is 6.02. The first-order chi connectivity index (χ1) is 21.0. The van der Waals surface area contributed by atoms with Crippen LogP contribution >= 0.6 is 11.2 Å². The molecular formula is C31H42F2O10SSi. The number of benzene rings is 1. The third-order valence-corrected chi connectivity index (χ3v) is 20.6. The first kappa shape index (κ1) is 36.7. The van der Waals surface area contributed by atoms with E-state index in [2.05, 4.69) is 41.5 Å². The quantitative estimate of drug-likeness (QED) is 0.114. The molecule has 0 radical (unpaired) electrons. The van der Waals surface area contributed by atoms with E-state index in [1.807, 2.05) is 0 Å². The zero-order chi connectivity index (χ0) is 33.8. The van der Waals surface area contributed by atoms with Gasteiger partial charge in [-0.1, -0.05) is 41.5 Å². The summed E-state index contributed by atoms with van der Waals surface area (Å²) in [5.74, 6) is -4.29. The fourth-order valence-corrected chi connectivity index (χ4v) is 16.2. The summed E-state index contributed by atoms with van der Waals surface area (Å²) in [5.41, 5.74) is -1.22. The second-order valence-corrected chi connectivity index (χ2v) is 20.7. The maximum Gasteiger partial charge on any atom is 0.341 e. The summed E-state index contributed by atoms with van der Waals surface area (Å²) in [6.45, 7) is 15.7. The molecule has 1 aliphatic heterocycles. The predicted molar refractivity (Wildman–Crippen MR) is 166 cm³/mol. The first-order valence-electron chi connectivity index (χ1n) is 14.8. The molecule has 0 bridgehead atoms. The van der Waals surface area contributed by atoms with Gasteiger partial charge in [0, 0.05) is 20.8 Å². The van der Waals surface area contributed by atoms with Gasteiger partial charge in [-0.05, 0) is 34.8 Å². The molecule has 14 heteroatoms. The molecule has 0 amide bonds. The Balaban J connectivity index is 2.14. The van der Waals surface area contributed by atoms with Crippen LogP contribution in [0.2, 0.25) is 16.6 Å². The number of carbonyl (C=O) groups is 3. The number of ether oxygens (including phenoxy) is 5. The van der Waals surface area contributed by atoms with Gasteiger partial charge >= 0.3 is 23.5 Å². The standard InChI is InChI=1S/C31H42F2O10SSi/c1-15(2)45(16(3)4,17(5)6)44-31-29(41-20(9)36)28(27(40-19(8)35)25(43-31)14-38-18(7)34)39-13-21-12-22-24(42-30(21)37)11-10-23(32)26(22)33/h10-12,15-17,25,27-29,31H,13-14H2,1-9H3/t25?,27-,28-,29?,31-/m0/s1. The van der Waals surface area contributed by atoms with E-state index in [9.17, 15) is 28.0 Å². The zero-order valence-corrected chi connectivity index (χ0v) is 28.8. The SMILES string of the molecule is CC(=O)OCC1O[C@@H](S[Si](C(C)C)(C(C)C)C(C)C)C(OC(C)=O)[C@@H](OCc2cc3c(F)c(F)ccc3oc2=O)[C@H]1OC(C)=O. The van der Waals surface area contributed by atoms with Crippen molar-refractivity contribution in [3.63, 3.8) is 0 Å². The van der Waals surface area contributed by atoms with Crippen LogP contribution in [0.5, 0.6) is 0 Å². The van der Waals surface area contributed by atoms with Gasteiger partial charge in [-0.15, -0.1) is 0 Å². The molecule has 2 unspecified atom stereocenters. The van der Waals surface area contributed by atoms with Crippen molar-refractivity contribution in [2.24, 2.45) is 0 Å². The number of carbonyl (C=O) groups excluding carboxylic acids is 3. The van der Waals surface area contributed by atoms with E-state index in [0.29, 0.717) is 0 Å². The van der Waals surface area contributed by atoms with Crippen molar-refractivity contribution in [2.75, 3.05) is 6.61 Å². The largest absolute Gasteiger partial charge is 0.463 e. The van der Waals surface area contributed by atoms with E-state index in [0.717, 1.165) is 18.2 Å². The van der Waals surface area contributed by atoms with Crippen LogP contribution in [0.4, 0.5) is 8.78 Å². The molecule has 2 aromatic rings. The van der Waals surface area contributed by atoms with E-state index >= 15 is 0 Å². The van der Waals surface area contributed by atoms with Crippen LogP contribution in [0.3, 0.4) is 0 Å². The Labute approximate surface area is 266 Å². The van der Waals surface area contributed by atoms with Gasteiger partial charge < -0.3 is 28.1 Å². The van der Waals surface area contributed by atoms with Crippen LogP contribution in [-0.4, -0.2) is 61.6 Å². The van der Waals surface area contributed by atoms with Crippen molar-refractivity contribution in [2.45, 2.75) is 115 Å². The Morgan fingerprint density at radius 3 is 2.00 bits per heavy atom. The minimum absolute atomic E-state index is 0.153. The third-order valence-electron chi connectivity index (χ3n) is 7.98. The van der Waals surface area contributed by atoms with Gasteiger partial charge in [0.05, 0.1) is 17.6 Å². The summed E-state index contributed by atoms with van der Waals surface area (Å²) >= 11 is 1.59. The highest BCUT2D eigenvalue weighted by atomic mass is 32.4. The van der Waals surface area contributed by atoms with E-state index in [-0.39, 0.29) is 39.8 Å². The number of hydrogen-bond acceptors (Lipinski definition) is 11. The molecule has 1 saturated heterocycles. The lowest BCUT2D eigenvalue weighted by Gasteiger charge is -2.50. The lowest BCUT2D eigenvalue weighted by Crippen LogP contribution is -2.62. The van der Waals surface area contributed by atoms with Crippen molar-refractivity contribution < 1.29 is 51.3 Å². The summed E-state index contributed by atoms with van der Waals surface area (Å²) in [6.07, 6.45) is -4.66. The first-order valence-corrected chi connectivity index (χ1v) is 18.7. The smallest absolute Gasteiger partial charge is 0.341 e. The molecule has 1 aromatic carbocycles. The summed E-state index contributed by atoms with van der Waals surface area (Å²) in [7, 11) is -2.32. The maximum absolute atomic E-state index is 14.6. The van der Waals surface area contributed by atoms with E-state index in [4.69, 9.17) is 28.1 Å². The number of hydrogen-bond donors (Lipinski definition) is 0. The van der Waals surface area contributed by atoms with E-state index in [1.165, 1.54) is 20.8 Å². The van der Waals surface area contributed by atoms with Gasteiger partial charge in [-0.3, -0.25) is 14.4 Å². The number of fused-ring (bicyclic) bond motifs is 1. The lowest BCUT2D eigenvalue weighted by atomic mass is 9.99. The highest BCUT2D eigenvalue weighted by Crippen LogP contribution is 2.53. The average Bonchev–Trinajstić information content (AvgIpc) is 2.92. The summed E-state index contributed by atoms with van der Waals surface area (Å²) < 4.78 is 63.1. The third kappa shape index (κ3) is 8.32.